The van der Waals surface area contributed by atoms with E-state index in [1.165, 1.54) is 4.88 Å². The number of carbonyl (C=O) groups excluding carboxylic acids is 1. The molecule has 0 aliphatic carbocycles. The van der Waals surface area contributed by atoms with Gasteiger partial charge in [-0.25, -0.2) is 0 Å². The number of ether oxygens (including phenoxy) is 1. The van der Waals surface area contributed by atoms with Gasteiger partial charge in [-0.1, -0.05) is 13.0 Å². The molecule has 3 rings (SSSR count). The van der Waals surface area contributed by atoms with E-state index in [0.717, 1.165) is 51.7 Å². The summed E-state index contributed by atoms with van der Waals surface area (Å²) in [6, 6.07) is 4.87. The summed E-state index contributed by atoms with van der Waals surface area (Å²) in [4.78, 5) is 22.1. The molecule has 3 unspecified atom stereocenters. The highest BCUT2D eigenvalue weighted by Gasteiger charge is 2.28. The Balaban J connectivity index is 0.00000300. The Morgan fingerprint density at radius 1 is 1.41 bits per heavy atom. The summed E-state index contributed by atoms with van der Waals surface area (Å²) >= 11 is 1.80. The molecule has 0 saturated carbocycles. The largest absolute Gasteiger partial charge is 0.376 e. The molecule has 164 valence electrons. The second-order valence-corrected chi connectivity index (χ2v) is 8.46. The van der Waals surface area contributed by atoms with Crippen LogP contribution in [0.3, 0.4) is 0 Å². The van der Waals surface area contributed by atoms with Crippen LogP contribution in [0.15, 0.2) is 22.5 Å². The van der Waals surface area contributed by atoms with Crippen molar-refractivity contribution < 1.29 is 9.53 Å². The molecular formula is C20H34IN5O2S. The van der Waals surface area contributed by atoms with Crippen LogP contribution in [0.1, 0.15) is 37.6 Å². The molecule has 7 nitrogen and oxygen atoms in total. The van der Waals surface area contributed by atoms with Gasteiger partial charge in [0.15, 0.2) is 5.96 Å². The second kappa shape index (κ2) is 12.1. The van der Waals surface area contributed by atoms with Crippen LogP contribution in [0.25, 0.3) is 0 Å². The lowest BCUT2D eigenvalue weighted by atomic mass is 10.1. The Hall–Kier alpha value is -0.910. The number of halogens is 1. The summed E-state index contributed by atoms with van der Waals surface area (Å²) in [6.07, 6.45) is 1.79. The number of nitrogens with one attached hydrogen (secondary N) is 2. The van der Waals surface area contributed by atoms with Gasteiger partial charge in [0.05, 0.1) is 18.8 Å². The predicted octanol–water partition coefficient (Wildman–Crippen LogP) is 2.30. The zero-order chi connectivity index (χ0) is 19.9. The maximum Gasteiger partial charge on any atom is 0.222 e. The number of carbonyl (C=O) groups is 1. The van der Waals surface area contributed by atoms with Crippen LogP contribution in [0.2, 0.25) is 0 Å². The monoisotopic (exact) mass is 535 g/mol. The molecule has 3 heterocycles. The van der Waals surface area contributed by atoms with Crippen LogP contribution in [0, 0.1) is 0 Å². The van der Waals surface area contributed by atoms with Gasteiger partial charge < -0.3 is 20.3 Å². The molecule has 0 spiro atoms. The molecule has 1 aromatic rings. The third-order valence-electron chi connectivity index (χ3n) is 5.46. The highest BCUT2D eigenvalue weighted by Crippen LogP contribution is 2.26. The molecule has 2 aliphatic rings. The summed E-state index contributed by atoms with van der Waals surface area (Å²) in [6.45, 7) is 9.07. The predicted molar refractivity (Wildman–Crippen MR) is 129 cm³/mol. The van der Waals surface area contributed by atoms with E-state index in [1.807, 2.05) is 11.8 Å². The Bertz CT molecular complexity index is 657. The maximum absolute atomic E-state index is 11.9. The smallest absolute Gasteiger partial charge is 0.222 e. The Labute approximate surface area is 195 Å². The Kier molecular flexibility index (Phi) is 10.1. The van der Waals surface area contributed by atoms with Crippen molar-refractivity contribution in [2.24, 2.45) is 4.99 Å². The van der Waals surface area contributed by atoms with E-state index in [1.54, 1.807) is 18.4 Å². The van der Waals surface area contributed by atoms with Crippen LogP contribution in [-0.2, 0) is 9.53 Å². The summed E-state index contributed by atoms with van der Waals surface area (Å²) in [5.41, 5.74) is 0. The standard InChI is InChI=1S/C20H33N5O2S.HI/c1-4-19(26)25-8-7-16(14-25)23-20(21-3)22-12-17(18-6-5-11-28-18)24-9-10-27-15(2)13-24;/h5-6,11,15-17H,4,7-10,12-14H2,1-3H3,(H2,21,22,23);1H. The molecular weight excluding hydrogens is 501 g/mol. The van der Waals surface area contributed by atoms with Gasteiger partial charge >= 0.3 is 0 Å². The Morgan fingerprint density at radius 2 is 2.24 bits per heavy atom. The molecule has 9 heteroatoms. The van der Waals surface area contributed by atoms with Gasteiger partial charge in [-0.3, -0.25) is 14.7 Å². The normalized spacial score (nSPS) is 24.1. The first-order valence-corrected chi connectivity index (χ1v) is 11.1. The van der Waals surface area contributed by atoms with Crippen LogP contribution >= 0.6 is 35.3 Å². The maximum atomic E-state index is 11.9. The molecule has 2 saturated heterocycles. The fourth-order valence-electron chi connectivity index (χ4n) is 3.93. The number of likely N-dealkylation sites (tertiary alicyclic amines) is 1. The van der Waals surface area contributed by atoms with Crippen LogP contribution in [0.5, 0.6) is 0 Å². The van der Waals surface area contributed by atoms with Crippen molar-refractivity contribution in [2.75, 3.05) is 46.4 Å². The van der Waals surface area contributed by atoms with Crippen molar-refractivity contribution in [2.45, 2.75) is 44.9 Å². The van der Waals surface area contributed by atoms with Crippen molar-refractivity contribution in [3.8, 4) is 0 Å². The second-order valence-electron chi connectivity index (χ2n) is 7.48. The van der Waals surface area contributed by atoms with Gasteiger partial charge in [0, 0.05) is 57.1 Å². The Morgan fingerprint density at radius 3 is 2.90 bits per heavy atom. The van der Waals surface area contributed by atoms with Crippen molar-refractivity contribution in [3.63, 3.8) is 0 Å². The third kappa shape index (κ3) is 6.80. The van der Waals surface area contributed by atoms with Crippen molar-refractivity contribution >= 4 is 47.2 Å². The quantitative estimate of drug-likeness (QED) is 0.333. The van der Waals surface area contributed by atoms with E-state index in [0.29, 0.717) is 12.5 Å². The number of hydrogen-bond donors (Lipinski definition) is 2. The number of guanidine groups is 1. The van der Waals surface area contributed by atoms with Crippen LogP contribution in [-0.4, -0.2) is 80.2 Å². The van der Waals surface area contributed by atoms with E-state index in [2.05, 4.69) is 45.0 Å². The topological polar surface area (TPSA) is 69.2 Å². The summed E-state index contributed by atoms with van der Waals surface area (Å²) < 4.78 is 5.72. The lowest BCUT2D eigenvalue weighted by Crippen LogP contribution is -2.49. The van der Waals surface area contributed by atoms with E-state index in [9.17, 15) is 4.79 Å². The fourth-order valence-corrected chi connectivity index (χ4v) is 4.79. The van der Waals surface area contributed by atoms with E-state index in [4.69, 9.17) is 4.74 Å². The number of hydrogen-bond acceptors (Lipinski definition) is 5. The molecule has 0 radical (unpaired) electrons. The lowest BCUT2D eigenvalue weighted by Gasteiger charge is -2.37. The lowest BCUT2D eigenvalue weighted by molar-refractivity contribution is -0.129. The number of aliphatic imine (C=N–C) groups is 1. The summed E-state index contributed by atoms with van der Waals surface area (Å²) in [5, 5.41) is 9.14. The van der Waals surface area contributed by atoms with Crippen LogP contribution in [0.4, 0.5) is 0 Å². The van der Waals surface area contributed by atoms with Crippen molar-refractivity contribution in [1.82, 2.24) is 20.4 Å². The zero-order valence-electron chi connectivity index (χ0n) is 17.6. The molecule has 1 amide bonds. The number of thiophene rings is 1. The minimum absolute atomic E-state index is 0. The number of nitrogens with zero attached hydrogens (tertiary/aromatic N) is 3. The van der Waals surface area contributed by atoms with Gasteiger partial charge in [0.2, 0.25) is 5.91 Å². The SMILES string of the molecule is CCC(=O)N1CCC(NC(=NC)NCC(c2cccs2)N2CCOC(C)C2)C1.I. The average molecular weight is 535 g/mol. The molecule has 2 fully saturated rings. The zero-order valence-corrected chi connectivity index (χ0v) is 20.7. The van der Waals surface area contributed by atoms with Crippen molar-refractivity contribution in [3.05, 3.63) is 22.4 Å². The average Bonchev–Trinajstić information content (AvgIpc) is 3.39. The first-order chi connectivity index (χ1) is 13.6. The number of morpholine rings is 1. The summed E-state index contributed by atoms with van der Waals surface area (Å²) in [7, 11) is 1.80. The minimum atomic E-state index is 0. The van der Waals surface area contributed by atoms with Gasteiger partial charge in [0.1, 0.15) is 0 Å². The first-order valence-electron chi connectivity index (χ1n) is 10.2. The number of rotatable bonds is 6. The fraction of sp³-hybridized carbons (Fsp3) is 0.700. The summed E-state index contributed by atoms with van der Waals surface area (Å²) in [5.74, 6) is 1.03. The molecule has 2 aliphatic heterocycles. The van der Waals surface area contributed by atoms with Gasteiger partial charge in [-0.2, -0.15) is 0 Å². The molecule has 2 N–H and O–H groups in total. The van der Waals surface area contributed by atoms with Crippen molar-refractivity contribution in [1.29, 1.82) is 0 Å². The first kappa shape index (κ1) is 24.4. The van der Waals surface area contributed by atoms with E-state index < -0.39 is 0 Å². The highest BCUT2D eigenvalue weighted by molar-refractivity contribution is 14.0. The van der Waals surface area contributed by atoms with Gasteiger partial charge in [-0.15, -0.1) is 35.3 Å². The highest BCUT2D eigenvalue weighted by atomic mass is 127. The number of amides is 1. The third-order valence-corrected chi connectivity index (χ3v) is 6.43. The van der Waals surface area contributed by atoms with Crippen LogP contribution < -0.4 is 10.6 Å². The van der Waals surface area contributed by atoms with E-state index in [-0.39, 0.29) is 42.0 Å². The van der Waals surface area contributed by atoms with Gasteiger partial charge in [-0.05, 0) is 24.8 Å². The van der Waals surface area contributed by atoms with E-state index >= 15 is 0 Å². The molecule has 0 bridgehead atoms. The molecule has 29 heavy (non-hydrogen) atoms. The molecule has 1 aromatic heterocycles. The molecule has 3 atom stereocenters. The molecule has 0 aromatic carbocycles. The minimum Gasteiger partial charge on any atom is -0.376 e. The van der Waals surface area contributed by atoms with Gasteiger partial charge in [0.25, 0.3) is 0 Å².